The van der Waals surface area contributed by atoms with Crippen LogP contribution in [0.1, 0.15) is 31.0 Å². The van der Waals surface area contributed by atoms with Gasteiger partial charge in [0.25, 0.3) is 11.5 Å². The highest BCUT2D eigenvalue weighted by molar-refractivity contribution is 9.11. The molecule has 0 radical (unpaired) electrons. The molecule has 10 heteroatoms. The van der Waals surface area contributed by atoms with Gasteiger partial charge < -0.3 is 14.8 Å². The summed E-state index contributed by atoms with van der Waals surface area (Å²) in [5.41, 5.74) is 2.96. The molecular formula is C30H25Br2N3O4S. The quantitative estimate of drug-likeness (QED) is 0.267. The van der Waals surface area contributed by atoms with Crippen molar-refractivity contribution >= 4 is 60.9 Å². The first kappa shape index (κ1) is 28.1. The van der Waals surface area contributed by atoms with E-state index in [1.165, 1.54) is 11.3 Å². The van der Waals surface area contributed by atoms with Crippen molar-refractivity contribution in [2.24, 2.45) is 4.99 Å². The predicted octanol–water partition coefficient (Wildman–Crippen LogP) is 5.81. The molecule has 0 fully saturated rings. The smallest absolute Gasteiger partial charge is 0.271 e. The Morgan fingerprint density at radius 2 is 1.77 bits per heavy atom. The van der Waals surface area contributed by atoms with Crippen LogP contribution in [0.3, 0.4) is 0 Å². The second-order valence-corrected chi connectivity index (χ2v) is 11.6. The number of thiazole rings is 1. The Balaban J connectivity index is 1.66. The fourth-order valence-corrected chi connectivity index (χ4v) is 7.16. The van der Waals surface area contributed by atoms with Crippen LogP contribution in [-0.4, -0.2) is 24.2 Å². The zero-order valence-electron chi connectivity index (χ0n) is 21.9. The number of carbonyl (C=O) groups excluding carboxylic acids is 1. The third-order valence-corrected chi connectivity index (χ3v) is 8.49. The largest absolute Gasteiger partial charge is 0.494 e. The van der Waals surface area contributed by atoms with Crippen molar-refractivity contribution in [1.82, 2.24) is 4.57 Å². The minimum atomic E-state index is -0.674. The number of aromatic nitrogens is 1. The van der Waals surface area contributed by atoms with Crippen molar-refractivity contribution in [3.05, 3.63) is 118 Å². The molecule has 1 N–H and O–H groups in total. The standard InChI is InChI=1S/C30H25Br2N3O4S/c1-4-39-21-12-10-19(11-13-21)26-25(28(36)34-20-8-6-5-7-9-20)17(2)33-30-35(26)29(37)24(40-30)16-18-14-22(31)27(38-3)23(32)15-18/h5-16,26H,4H2,1-3H3,(H,34,36)/b24-16-/t26-/m1/s1. The van der Waals surface area contributed by atoms with Gasteiger partial charge in [-0.2, -0.15) is 0 Å². The van der Waals surface area contributed by atoms with Gasteiger partial charge in [-0.1, -0.05) is 41.7 Å². The number of para-hydroxylation sites is 1. The van der Waals surface area contributed by atoms with E-state index in [0.717, 1.165) is 20.1 Å². The molecule has 1 amide bonds. The molecule has 0 saturated carbocycles. The Kier molecular flexibility index (Phi) is 8.39. The van der Waals surface area contributed by atoms with Gasteiger partial charge in [0.05, 0.1) is 44.5 Å². The number of hydrogen-bond acceptors (Lipinski definition) is 6. The van der Waals surface area contributed by atoms with E-state index in [0.29, 0.717) is 44.4 Å². The van der Waals surface area contributed by atoms with E-state index in [2.05, 4.69) is 37.2 Å². The van der Waals surface area contributed by atoms with E-state index in [-0.39, 0.29) is 11.5 Å². The van der Waals surface area contributed by atoms with Gasteiger partial charge in [0.2, 0.25) is 0 Å². The molecule has 5 rings (SSSR count). The Morgan fingerprint density at radius 1 is 1.10 bits per heavy atom. The van der Waals surface area contributed by atoms with Crippen LogP contribution >= 0.6 is 43.2 Å². The number of hydrogen-bond donors (Lipinski definition) is 1. The Hall–Kier alpha value is -3.47. The molecule has 1 aromatic heterocycles. The molecule has 0 spiro atoms. The summed E-state index contributed by atoms with van der Waals surface area (Å²) in [6.07, 6.45) is 1.82. The Bertz CT molecular complexity index is 1770. The van der Waals surface area contributed by atoms with Gasteiger partial charge in [-0.15, -0.1) is 0 Å². The lowest BCUT2D eigenvalue weighted by Gasteiger charge is -2.25. The van der Waals surface area contributed by atoms with Crippen LogP contribution in [0.15, 0.2) is 96.7 Å². The molecule has 0 aliphatic carbocycles. The summed E-state index contributed by atoms with van der Waals surface area (Å²) in [5, 5.41) is 2.97. The predicted molar refractivity (Wildman–Crippen MR) is 165 cm³/mol. The number of nitrogens with zero attached hydrogens (tertiary/aromatic N) is 2. The van der Waals surface area contributed by atoms with Crippen LogP contribution in [0.2, 0.25) is 0 Å². The maximum absolute atomic E-state index is 14.0. The average molecular weight is 683 g/mol. The van der Waals surface area contributed by atoms with Gasteiger partial charge >= 0.3 is 0 Å². The molecular weight excluding hydrogens is 658 g/mol. The number of fused-ring (bicyclic) bond motifs is 1. The van der Waals surface area contributed by atoms with Gasteiger partial charge in [0, 0.05) is 5.69 Å². The van der Waals surface area contributed by atoms with Gasteiger partial charge in [-0.25, -0.2) is 4.99 Å². The normalized spacial score (nSPS) is 14.9. The molecule has 2 heterocycles. The topological polar surface area (TPSA) is 81.9 Å². The number of anilines is 1. The number of halogens is 2. The Labute approximate surface area is 251 Å². The van der Waals surface area contributed by atoms with Gasteiger partial charge in [-0.3, -0.25) is 14.2 Å². The summed E-state index contributed by atoms with van der Waals surface area (Å²) in [6, 6.07) is 19.8. The molecule has 0 saturated heterocycles. The lowest BCUT2D eigenvalue weighted by Crippen LogP contribution is -2.40. The summed E-state index contributed by atoms with van der Waals surface area (Å²) in [7, 11) is 1.59. The molecule has 0 bridgehead atoms. The fraction of sp³-hybridized carbons (Fsp3) is 0.167. The minimum Gasteiger partial charge on any atom is -0.494 e. The molecule has 0 unspecified atom stereocenters. The first-order valence-electron chi connectivity index (χ1n) is 12.5. The highest BCUT2D eigenvalue weighted by Crippen LogP contribution is 2.35. The number of methoxy groups -OCH3 is 1. The van der Waals surface area contributed by atoms with Crippen molar-refractivity contribution in [3.63, 3.8) is 0 Å². The third kappa shape index (κ3) is 5.56. The zero-order valence-corrected chi connectivity index (χ0v) is 25.9. The van der Waals surface area contributed by atoms with E-state index < -0.39 is 6.04 Å². The number of rotatable bonds is 7. The van der Waals surface area contributed by atoms with Crippen molar-refractivity contribution in [2.75, 3.05) is 19.0 Å². The molecule has 1 aliphatic rings. The van der Waals surface area contributed by atoms with Crippen LogP contribution in [0.5, 0.6) is 11.5 Å². The van der Waals surface area contributed by atoms with Gasteiger partial charge in [0.15, 0.2) is 4.80 Å². The van der Waals surface area contributed by atoms with Gasteiger partial charge in [-0.05, 0) is 99.3 Å². The lowest BCUT2D eigenvalue weighted by molar-refractivity contribution is -0.113. The van der Waals surface area contributed by atoms with E-state index in [1.54, 1.807) is 18.6 Å². The SMILES string of the molecule is CCOc1ccc([C@@H]2C(C(=O)Nc3ccccc3)=C(C)N=c3s/c(=C\c4cc(Br)c(OC)c(Br)c4)c(=O)n32)cc1. The number of allylic oxidation sites excluding steroid dienone is 1. The monoisotopic (exact) mass is 681 g/mol. The third-order valence-electron chi connectivity index (χ3n) is 6.33. The van der Waals surface area contributed by atoms with Crippen molar-refractivity contribution in [3.8, 4) is 11.5 Å². The van der Waals surface area contributed by atoms with Crippen molar-refractivity contribution in [1.29, 1.82) is 0 Å². The van der Waals surface area contributed by atoms with E-state index in [9.17, 15) is 9.59 Å². The van der Waals surface area contributed by atoms with E-state index >= 15 is 0 Å². The minimum absolute atomic E-state index is 0.233. The maximum Gasteiger partial charge on any atom is 0.271 e. The summed E-state index contributed by atoms with van der Waals surface area (Å²) < 4.78 is 14.6. The lowest BCUT2D eigenvalue weighted by atomic mass is 9.95. The van der Waals surface area contributed by atoms with Crippen molar-refractivity contribution < 1.29 is 14.3 Å². The van der Waals surface area contributed by atoms with Crippen LogP contribution in [0.4, 0.5) is 5.69 Å². The van der Waals surface area contributed by atoms with Crippen LogP contribution in [0, 0.1) is 0 Å². The molecule has 1 atom stereocenters. The molecule has 1 aliphatic heterocycles. The van der Waals surface area contributed by atoms with Gasteiger partial charge in [0.1, 0.15) is 11.5 Å². The number of ether oxygens (including phenoxy) is 2. The first-order valence-corrected chi connectivity index (χ1v) is 14.9. The number of amides is 1. The summed E-state index contributed by atoms with van der Waals surface area (Å²) in [4.78, 5) is 32.9. The molecule has 4 aromatic rings. The summed E-state index contributed by atoms with van der Waals surface area (Å²) >= 11 is 8.34. The van der Waals surface area contributed by atoms with Crippen LogP contribution in [-0.2, 0) is 4.79 Å². The first-order chi connectivity index (χ1) is 19.3. The summed E-state index contributed by atoms with van der Waals surface area (Å²) in [5.74, 6) is 1.06. The van der Waals surface area contributed by atoms with Crippen LogP contribution in [0.25, 0.3) is 6.08 Å². The Morgan fingerprint density at radius 3 is 2.40 bits per heavy atom. The average Bonchev–Trinajstić information content (AvgIpc) is 3.23. The fourth-order valence-electron chi connectivity index (χ4n) is 4.57. The summed E-state index contributed by atoms with van der Waals surface area (Å²) in [6.45, 7) is 4.26. The maximum atomic E-state index is 14.0. The highest BCUT2D eigenvalue weighted by Gasteiger charge is 2.32. The second kappa shape index (κ2) is 12.0. The second-order valence-electron chi connectivity index (χ2n) is 8.92. The molecule has 40 heavy (non-hydrogen) atoms. The zero-order chi connectivity index (χ0) is 28.4. The van der Waals surface area contributed by atoms with E-state index in [1.807, 2.05) is 79.7 Å². The van der Waals surface area contributed by atoms with Crippen molar-refractivity contribution in [2.45, 2.75) is 19.9 Å². The number of carbonyl (C=O) groups is 1. The van der Waals surface area contributed by atoms with E-state index in [4.69, 9.17) is 14.5 Å². The van der Waals surface area contributed by atoms with Crippen LogP contribution < -0.4 is 29.7 Å². The number of benzene rings is 3. The highest BCUT2D eigenvalue weighted by atomic mass is 79.9. The molecule has 7 nitrogen and oxygen atoms in total. The molecule has 204 valence electrons. The number of nitrogens with one attached hydrogen (secondary N) is 1. The molecule has 3 aromatic carbocycles.